The third-order valence-electron chi connectivity index (χ3n) is 7.40. The third-order valence-corrected chi connectivity index (χ3v) is 7.40. The number of nitrogens with two attached hydrogens (primary N) is 1. The summed E-state index contributed by atoms with van der Waals surface area (Å²) in [5, 5.41) is 10.2. The Bertz CT molecular complexity index is 1320. The fourth-order valence-corrected chi connectivity index (χ4v) is 5.94. The van der Waals surface area contributed by atoms with Gasteiger partial charge in [0.2, 0.25) is 11.8 Å². The Morgan fingerprint density at radius 3 is 2.60 bits per heavy atom. The van der Waals surface area contributed by atoms with Gasteiger partial charge in [-0.15, -0.1) is 0 Å². The molecule has 0 saturated carbocycles. The lowest BCUT2D eigenvalue weighted by Gasteiger charge is -2.42. The fraction of sp³-hybridized carbons (Fsp3) is 0.346. The Morgan fingerprint density at radius 1 is 1.17 bits per heavy atom. The third kappa shape index (κ3) is 3.25. The van der Waals surface area contributed by atoms with Crippen LogP contribution >= 0.6 is 0 Å². The van der Waals surface area contributed by atoms with Crippen molar-refractivity contribution in [2.75, 3.05) is 6.61 Å². The molecule has 0 aromatic heterocycles. The largest absolute Gasteiger partial charge is 0.504 e. The molecule has 180 valence electrons. The normalized spacial score (nSPS) is 27.8. The van der Waals surface area contributed by atoms with E-state index >= 15 is 0 Å². The van der Waals surface area contributed by atoms with Crippen molar-refractivity contribution in [3.8, 4) is 11.5 Å². The van der Waals surface area contributed by atoms with Crippen LogP contribution in [0.3, 0.4) is 0 Å². The van der Waals surface area contributed by atoms with Gasteiger partial charge in [0.25, 0.3) is 0 Å². The quantitative estimate of drug-likeness (QED) is 0.387. The standard InChI is InChI=1S/C26H24N2O7/c1-3-35-19-9-12(4-7-17(19)29)20-13-5-6-14-21(25(33)28(24(14)32)26(27)34)15(13)10-16-18(30)8-11(2)23(31)22(16)20/h4-5,7-9,14-15,20-21,29H,3,6,10H2,1-2H3,(H2,27,34)/t14-,15+,20-,21-/m0/s1. The first-order valence-corrected chi connectivity index (χ1v) is 11.5. The fourth-order valence-electron chi connectivity index (χ4n) is 5.94. The Balaban J connectivity index is 1.69. The number of ether oxygens (including phenoxy) is 1. The summed E-state index contributed by atoms with van der Waals surface area (Å²) >= 11 is 0. The molecule has 35 heavy (non-hydrogen) atoms. The maximum absolute atomic E-state index is 13.3. The van der Waals surface area contributed by atoms with E-state index in [9.17, 15) is 29.1 Å². The molecule has 0 radical (unpaired) electrons. The molecular weight excluding hydrogens is 452 g/mol. The van der Waals surface area contributed by atoms with Crippen LogP contribution in [-0.2, 0) is 19.2 Å². The Morgan fingerprint density at radius 2 is 1.91 bits per heavy atom. The summed E-state index contributed by atoms with van der Waals surface area (Å²) in [6.45, 7) is 3.67. The number of nitrogens with zero attached hydrogens (tertiary/aromatic N) is 1. The second kappa shape index (κ2) is 8.04. The maximum atomic E-state index is 13.3. The van der Waals surface area contributed by atoms with Crippen LogP contribution in [0, 0.1) is 17.8 Å². The van der Waals surface area contributed by atoms with Gasteiger partial charge in [-0.1, -0.05) is 17.7 Å². The van der Waals surface area contributed by atoms with Crippen LogP contribution in [0.5, 0.6) is 11.5 Å². The number of benzene rings is 1. The van der Waals surface area contributed by atoms with Crippen LogP contribution in [0.15, 0.2) is 52.6 Å². The summed E-state index contributed by atoms with van der Waals surface area (Å²) in [5.74, 6) is -4.55. The van der Waals surface area contributed by atoms with Gasteiger partial charge in [0.05, 0.1) is 18.4 Å². The van der Waals surface area contributed by atoms with Crippen molar-refractivity contribution >= 4 is 29.4 Å². The minimum atomic E-state index is -1.12. The Labute approximate surface area is 200 Å². The molecule has 4 atom stereocenters. The van der Waals surface area contributed by atoms with Gasteiger partial charge in [0.1, 0.15) is 0 Å². The van der Waals surface area contributed by atoms with Gasteiger partial charge in [-0.25, -0.2) is 4.79 Å². The van der Waals surface area contributed by atoms with Crippen LogP contribution in [0.4, 0.5) is 4.79 Å². The zero-order valence-corrected chi connectivity index (χ0v) is 19.2. The number of carbonyl (C=O) groups is 5. The van der Waals surface area contributed by atoms with E-state index in [1.807, 2.05) is 6.08 Å². The van der Waals surface area contributed by atoms with Crippen LogP contribution in [-0.4, -0.2) is 46.0 Å². The number of fused-ring (bicyclic) bond motifs is 3. The van der Waals surface area contributed by atoms with Gasteiger partial charge in [-0.2, -0.15) is 4.90 Å². The number of likely N-dealkylation sites (tertiary alicyclic amines) is 1. The number of urea groups is 1. The molecule has 1 fully saturated rings. The van der Waals surface area contributed by atoms with Crippen LogP contribution < -0.4 is 10.5 Å². The summed E-state index contributed by atoms with van der Waals surface area (Å²) in [4.78, 5) is 64.7. The molecule has 0 spiro atoms. The first-order valence-electron chi connectivity index (χ1n) is 11.5. The smallest absolute Gasteiger partial charge is 0.328 e. The number of carbonyl (C=O) groups excluding carboxylic acids is 5. The summed E-state index contributed by atoms with van der Waals surface area (Å²) in [6, 6.07) is 3.63. The molecule has 1 aliphatic heterocycles. The van der Waals surface area contributed by atoms with E-state index in [0.29, 0.717) is 33.8 Å². The summed E-state index contributed by atoms with van der Waals surface area (Å²) in [6.07, 6.45) is 3.45. The van der Waals surface area contributed by atoms with Crippen LogP contribution in [0.2, 0.25) is 0 Å². The number of hydrogen-bond donors (Lipinski definition) is 2. The number of hydrogen-bond acceptors (Lipinski definition) is 7. The van der Waals surface area contributed by atoms with Gasteiger partial charge < -0.3 is 15.6 Å². The van der Waals surface area contributed by atoms with Crippen molar-refractivity contribution in [3.63, 3.8) is 0 Å². The SMILES string of the molecule is CCOc1cc([C@H]2C3=CC[C@@H]4C(=O)N(C(N)=O)C(=O)[C@@H]4[C@@H]3CC3=C2C(=O)C(C)=CC3=O)ccc1O. The van der Waals surface area contributed by atoms with Gasteiger partial charge in [-0.3, -0.25) is 19.2 Å². The van der Waals surface area contributed by atoms with E-state index in [-0.39, 0.29) is 35.9 Å². The number of amides is 4. The number of phenolic OH excluding ortho intramolecular Hbond substituents is 1. The first kappa shape index (κ1) is 22.8. The second-order valence-electron chi connectivity index (χ2n) is 9.24. The van der Waals surface area contributed by atoms with Gasteiger partial charge in [0.15, 0.2) is 23.1 Å². The highest BCUT2D eigenvalue weighted by Gasteiger charge is 2.57. The number of primary amides is 1. The molecule has 0 unspecified atom stereocenters. The van der Waals surface area contributed by atoms with E-state index in [0.717, 1.165) is 5.57 Å². The van der Waals surface area contributed by atoms with Gasteiger partial charge >= 0.3 is 6.03 Å². The molecule has 1 saturated heterocycles. The molecule has 4 amide bonds. The minimum Gasteiger partial charge on any atom is -0.504 e. The highest BCUT2D eigenvalue weighted by atomic mass is 16.5. The number of Topliss-reactive ketones (excluding diaryl/α,β-unsaturated/α-hetero) is 1. The lowest BCUT2D eigenvalue weighted by molar-refractivity contribution is -0.136. The van der Waals surface area contributed by atoms with Crippen LogP contribution in [0.25, 0.3) is 0 Å². The van der Waals surface area contributed by atoms with Crippen molar-refractivity contribution in [2.45, 2.75) is 32.6 Å². The maximum Gasteiger partial charge on any atom is 0.328 e. The highest BCUT2D eigenvalue weighted by molar-refractivity contribution is 6.24. The van der Waals surface area contributed by atoms with E-state index in [1.165, 1.54) is 12.1 Å². The molecule has 9 nitrogen and oxygen atoms in total. The molecule has 3 N–H and O–H groups in total. The van der Waals surface area contributed by atoms with Gasteiger partial charge in [0, 0.05) is 22.6 Å². The summed E-state index contributed by atoms with van der Waals surface area (Å²) in [5.41, 5.74) is 7.64. The van der Waals surface area contributed by atoms with Crippen molar-refractivity contribution < 1.29 is 33.8 Å². The van der Waals surface area contributed by atoms with Crippen molar-refractivity contribution in [1.82, 2.24) is 4.90 Å². The van der Waals surface area contributed by atoms with Crippen molar-refractivity contribution in [1.29, 1.82) is 0 Å². The minimum absolute atomic E-state index is 0.0642. The number of aromatic hydroxyl groups is 1. The highest BCUT2D eigenvalue weighted by Crippen LogP contribution is 2.55. The molecule has 9 heteroatoms. The zero-order valence-electron chi connectivity index (χ0n) is 19.2. The van der Waals surface area contributed by atoms with Gasteiger partial charge in [-0.05, 0) is 56.4 Å². The summed E-state index contributed by atoms with van der Waals surface area (Å²) < 4.78 is 5.54. The van der Waals surface area contributed by atoms with Crippen molar-refractivity contribution in [2.24, 2.45) is 23.5 Å². The van der Waals surface area contributed by atoms with Crippen LogP contribution in [0.1, 0.15) is 38.2 Å². The average molecular weight is 476 g/mol. The average Bonchev–Trinajstić information content (AvgIpc) is 3.08. The second-order valence-corrected chi connectivity index (χ2v) is 9.24. The molecular formula is C26H24N2O7. The molecule has 5 rings (SSSR count). The lowest BCUT2D eigenvalue weighted by Crippen LogP contribution is -2.42. The lowest BCUT2D eigenvalue weighted by atomic mass is 9.59. The summed E-state index contributed by atoms with van der Waals surface area (Å²) in [7, 11) is 0. The number of allylic oxidation sites excluding steroid dienone is 6. The molecule has 3 aliphatic carbocycles. The Hall–Kier alpha value is -4.01. The van der Waals surface area contributed by atoms with E-state index in [2.05, 4.69) is 0 Å². The Kier molecular flexibility index (Phi) is 5.23. The molecule has 4 aliphatic rings. The first-order chi connectivity index (χ1) is 16.6. The number of rotatable bonds is 3. The molecule has 1 aromatic carbocycles. The zero-order chi connectivity index (χ0) is 25.2. The number of ketones is 2. The topological polar surface area (TPSA) is 144 Å². The molecule has 1 heterocycles. The number of imide groups is 3. The van der Waals surface area contributed by atoms with Crippen molar-refractivity contribution in [3.05, 3.63) is 58.2 Å². The predicted octanol–water partition coefficient (Wildman–Crippen LogP) is 2.30. The molecule has 0 bridgehead atoms. The predicted molar refractivity (Wildman–Crippen MR) is 122 cm³/mol. The monoisotopic (exact) mass is 476 g/mol. The van der Waals surface area contributed by atoms with E-state index in [1.54, 1.807) is 26.0 Å². The van der Waals surface area contributed by atoms with E-state index < -0.39 is 41.5 Å². The molecule has 1 aromatic rings. The number of phenols is 1. The van der Waals surface area contributed by atoms with E-state index in [4.69, 9.17) is 10.5 Å².